The van der Waals surface area contributed by atoms with Crippen LogP contribution in [0.1, 0.15) is 13.8 Å². The van der Waals surface area contributed by atoms with Gasteiger partial charge in [-0.3, -0.25) is 0 Å². The highest BCUT2D eigenvalue weighted by molar-refractivity contribution is 4.55. The number of hydrogen-bond acceptors (Lipinski definition) is 0. The van der Waals surface area contributed by atoms with E-state index in [2.05, 4.69) is 0 Å². The SMILES string of the molecule is CC(C)C(F)C[O]. The van der Waals surface area contributed by atoms with Gasteiger partial charge in [0.1, 0.15) is 12.8 Å². The Morgan fingerprint density at radius 2 is 2.00 bits per heavy atom. The molecule has 0 saturated heterocycles. The molecule has 7 heavy (non-hydrogen) atoms. The maximum Gasteiger partial charge on any atom is 0.129 e. The first kappa shape index (κ1) is 6.89. The van der Waals surface area contributed by atoms with E-state index in [1.807, 2.05) is 0 Å². The Kier molecular flexibility index (Phi) is 2.92. The minimum Gasteiger partial charge on any atom is -0.245 e. The van der Waals surface area contributed by atoms with Crippen LogP contribution in [-0.4, -0.2) is 12.8 Å². The van der Waals surface area contributed by atoms with Crippen LogP contribution >= 0.6 is 0 Å². The van der Waals surface area contributed by atoms with E-state index in [1.165, 1.54) is 0 Å². The zero-order valence-corrected chi connectivity index (χ0v) is 4.65. The highest BCUT2D eigenvalue weighted by atomic mass is 19.1. The van der Waals surface area contributed by atoms with E-state index >= 15 is 0 Å². The maximum absolute atomic E-state index is 11.9. The van der Waals surface area contributed by atoms with E-state index in [-0.39, 0.29) is 5.92 Å². The zero-order valence-electron chi connectivity index (χ0n) is 4.65. The van der Waals surface area contributed by atoms with Gasteiger partial charge >= 0.3 is 0 Å². The van der Waals surface area contributed by atoms with Crippen molar-refractivity contribution in [2.75, 3.05) is 6.61 Å². The summed E-state index contributed by atoms with van der Waals surface area (Å²) in [6.45, 7) is 2.79. The molecule has 0 N–H and O–H groups in total. The van der Waals surface area contributed by atoms with Crippen molar-refractivity contribution in [1.29, 1.82) is 0 Å². The van der Waals surface area contributed by atoms with Gasteiger partial charge in [0.25, 0.3) is 0 Å². The molecule has 0 aliphatic rings. The summed E-state index contributed by atoms with van der Waals surface area (Å²) >= 11 is 0. The standard InChI is InChI=1S/C5H10FO/c1-4(2)5(6)3-7/h4-5H,3H2,1-2H3. The first-order chi connectivity index (χ1) is 3.18. The molecule has 0 fully saturated rings. The lowest BCUT2D eigenvalue weighted by atomic mass is 10.1. The summed E-state index contributed by atoms with van der Waals surface area (Å²) in [5, 5.41) is 9.70. The summed E-state index contributed by atoms with van der Waals surface area (Å²) in [7, 11) is 0. The van der Waals surface area contributed by atoms with E-state index in [4.69, 9.17) is 0 Å². The van der Waals surface area contributed by atoms with E-state index in [0.29, 0.717) is 0 Å². The quantitative estimate of drug-likeness (QED) is 0.506. The van der Waals surface area contributed by atoms with Crippen molar-refractivity contribution in [3.8, 4) is 0 Å². The van der Waals surface area contributed by atoms with Crippen LogP contribution in [0.4, 0.5) is 4.39 Å². The van der Waals surface area contributed by atoms with Gasteiger partial charge in [0, 0.05) is 0 Å². The van der Waals surface area contributed by atoms with Crippen molar-refractivity contribution in [1.82, 2.24) is 0 Å². The Hall–Kier alpha value is -0.110. The normalized spacial score (nSPS) is 15.0. The van der Waals surface area contributed by atoms with Crippen LogP contribution < -0.4 is 0 Å². The smallest absolute Gasteiger partial charge is 0.129 e. The molecule has 1 nitrogen and oxygen atoms in total. The lowest BCUT2D eigenvalue weighted by molar-refractivity contribution is 0.0881. The third-order valence-corrected chi connectivity index (χ3v) is 0.883. The van der Waals surface area contributed by atoms with Crippen LogP contribution in [0.5, 0.6) is 0 Å². The van der Waals surface area contributed by atoms with Gasteiger partial charge in [0.05, 0.1) is 0 Å². The third-order valence-electron chi connectivity index (χ3n) is 0.883. The molecule has 1 atom stereocenters. The van der Waals surface area contributed by atoms with Gasteiger partial charge in [0.2, 0.25) is 0 Å². The van der Waals surface area contributed by atoms with Crippen LogP contribution in [-0.2, 0) is 5.11 Å². The van der Waals surface area contributed by atoms with Gasteiger partial charge in [-0.25, -0.2) is 9.50 Å². The average Bonchev–Trinajstić information content (AvgIpc) is 1.65. The molecule has 0 aliphatic carbocycles. The predicted octanol–water partition coefficient (Wildman–Crippen LogP) is 1.41. The molecule has 0 aromatic heterocycles. The monoisotopic (exact) mass is 105 g/mol. The van der Waals surface area contributed by atoms with Gasteiger partial charge in [-0.05, 0) is 5.92 Å². The summed E-state index contributed by atoms with van der Waals surface area (Å²) in [5.74, 6) is -0.113. The van der Waals surface area contributed by atoms with Gasteiger partial charge in [-0.15, -0.1) is 0 Å². The molecule has 0 aromatic rings. The molecular weight excluding hydrogens is 95.1 g/mol. The largest absolute Gasteiger partial charge is 0.245 e. The Morgan fingerprint density at radius 3 is 2.00 bits per heavy atom. The Balaban J connectivity index is 3.14. The lowest BCUT2D eigenvalue weighted by Gasteiger charge is -2.04. The van der Waals surface area contributed by atoms with Crippen LogP contribution in [0, 0.1) is 5.92 Å². The van der Waals surface area contributed by atoms with Crippen LogP contribution in [0.25, 0.3) is 0 Å². The summed E-state index contributed by atoms with van der Waals surface area (Å²) in [6, 6.07) is 0. The van der Waals surface area contributed by atoms with Crippen LogP contribution in [0.2, 0.25) is 0 Å². The molecule has 0 heterocycles. The first-order valence-corrected chi connectivity index (χ1v) is 2.40. The van der Waals surface area contributed by atoms with Gasteiger partial charge in [0.15, 0.2) is 0 Å². The predicted molar refractivity (Wildman–Crippen MR) is 25.3 cm³/mol. The third kappa shape index (κ3) is 2.57. The van der Waals surface area contributed by atoms with Crippen molar-refractivity contribution in [2.24, 2.45) is 5.92 Å². The molecular formula is C5H10FO. The lowest BCUT2D eigenvalue weighted by Crippen LogP contribution is -2.12. The van der Waals surface area contributed by atoms with Gasteiger partial charge < -0.3 is 0 Å². The fourth-order valence-corrected chi connectivity index (χ4v) is 0.192. The fraction of sp³-hybridized carbons (Fsp3) is 1.00. The Morgan fingerprint density at radius 1 is 1.57 bits per heavy atom. The number of hydrogen-bond donors (Lipinski definition) is 0. The van der Waals surface area contributed by atoms with Crippen molar-refractivity contribution >= 4 is 0 Å². The fourth-order valence-electron chi connectivity index (χ4n) is 0.192. The summed E-state index contributed by atoms with van der Waals surface area (Å²) in [4.78, 5) is 0. The summed E-state index contributed by atoms with van der Waals surface area (Å²) in [5.41, 5.74) is 0. The minimum absolute atomic E-state index is 0.113. The number of halogens is 1. The van der Waals surface area contributed by atoms with Gasteiger partial charge in [-0.2, -0.15) is 0 Å². The number of alkyl halides is 1. The number of rotatable bonds is 2. The molecule has 0 spiro atoms. The summed E-state index contributed by atoms with van der Waals surface area (Å²) in [6.07, 6.45) is -1.15. The van der Waals surface area contributed by atoms with Crippen molar-refractivity contribution in [3.63, 3.8) is 0 Å². The maximum atomic E-state index is 11.9. The molecule has 0 rings (SSSR count). The second-order valence-corrected chi connectivity index (χ2v) is 1.93. The molecule has 43 valence electrons. The molecule has 1 unspecified atom stereocenters. The Labute approximate surface area is 43.2 Å². The van der Waals surface area contributed by atoms with Crippen molar-refractivity contribution < 1.29 is 9.50 Å². The van der Waals surface area contributed by atoms with Crippen molar-refractivity contribution in [2.45, 2.75) is 20.0 Å². The topological polar surface area (TPSA) is 19.9 Å². The van der Waals surface area contributed by atoms with E-state index in [0.717, 1.165) is 0 Å². The van der Waals surface area contributed by atoms with Crippen LogP contribution in [0.3, 0.4) is 0 Å². The zero-order chi connectivity index (χ0) is 5.86. The highest BCUT2D eigenvalue weighted by Gasteiger charge is 2.08. The van der Waals surface area contributed by atoms with E-state index < -0.39 is 12.8 Å². The minimum atomic E-state index is -1.15. The molecule has 0 bridgehead atoms. The van der Waals surface area contributed by atoms with Crippen molar-refractivity contribution in [3.05, 3.63) is 0 Å². The average molecular weight is 105 g/mol. The molecule has 2 heteroatoms. The second kappa shape index (κ2) is 2.97. The molecule has 0 aromatic carbocycles. The second-order valence-electron chi connectivity index (χ2n) is 1.93. The van der Waals surface area contributed by atoms with E-state index in [9.17, 15) is 9.50 Å². The van der Waals surface area contributed by atoms with E-state index in [1.54, 1.807) is 13.8 Å². The van der Waals surface area contributed by atoms with Crippen LogP contribution in [0.15, 0.2) is 0 Å². The molecule has 0 aliphatic heterocycles. The summed E-state index contributed by atoms with van der Waals surface area (Å²) < 4.78 is 11.9. The molecule has 0 amide bonds. The first-order valence-electron chi connectivity index (χ1n) is 2.40. The van der Waals surface area contributed by atoms with Gasteiger partial charge in [-0.1, -0.05) is 13.8 Å². The highest BCUT2D eigenvalue weighted by Crippen LogP contribution is 2.03. The molecule has 1 radical (unpaired) electrons. The molecule has 0 saturated carbocycles. The Bertz CT molecular complexity index is 45.3.